The zero-order valence-corrected chi connectivity index (χ0v) is 7.22. The van der Waals surface area contributed by atoms with Crippen LogP contribution >= 0.6 is 0 Å². The van der Waals surface area contributed by atoms with Gasteiger partial charge < -0.3 is 12.3 Å². The Morgan fingerprint density at radius 3 is 2.38 bits per heavy atom. The Morgan fingerprint density at radius 2 is 2.38 bits per heavy atom. The molecule has 3 N–H and O–H groups in total. The summed E-state index contributed by atoms with van der Waals surface area (Å²) in [6.07, 6.45) is 0.495. The summed E-state index contributed by atoms with van der Waals surface area (Å²) in [6, 6.07) is -0.681. The summed E-state index contributed by atoms with van der Waals surface area (Å²) in [5.74, 6) is -0.928. The van der Waals surface area contributed by atoms with Gasteiger partial charge in [0.2, 0.25) is 0 Å². The van der Waals surface area contributed by atoms with E-state index in [9.17, 15) is 4.79 Å². The van der Waals surface area contributed by atoms with E-state index in [1.54, 1.807) is 6.92 Å². The summed E-state index contributed by atoms with van der Waals surface area (Å²) in [6.45, 7) is 1.73. The molecule has 0 radical (unpaired) electrons. The minimum atomic E-state index is -0.928. The Bertz CT molecular complexity index is 81.0. The van der Waals surface area contributed by atoms with E-state index in [0.29, 0.717) is 6.42 Å². The normalized spacial score (nSPS) is 11.8. The van der Waals surface area contributed by atoms with E-state index in [2.05, 4.69) is 0 Å². The number of rotatable bonds is 2. The molecule has 44 valence electrons. The van der Waals surface area contributed by atoms with Crippen LogP contribution in [0.4, 0.5) is 0 Å². The molecule has 8 heavy (non-hydrogen) atoms. The number of hydrogen-bond donors (Lipinski definition) is 2. The van der Waals surface area contributed by atoms with Gasteiger partial charge in [-0.25, -0.2) is 0 Å². The van der Waals surface area contributed by atoms with Crippen LogP contribution in [0.15, 0.2) is 0 Å². The summed E-state index contributed by atoms with van der Waals surface area (Å²) in [5, 5.41) is 8.06. The molecule has 4 heteroatoms. The second kappa shape index (κ2) is 5.56. The van der Waals surface area contributed by atoms with Gasteiger partial charge in [-0.15, -0.1) is 0 Å². The van der Waals surface area contributed by atoms with E-state index >= 15 is 0 Å². The van der Waals surface area contributed by atoms with Crippen molar-refractivity contribution in [2.45, 2.75) is 19.4 Å². The van der Waals surface area contributed by atoms with Crippen LogP contribution in [-0.4, -0.2) is 17.1 Å². The second-order valence-electron chi connectivity index (χ2n) is 1.35. The third-order valence-electron chi connectivity index (χ3n) is 0.757. The predicted octanol–water partition coefficient (Wildman–Crippen LogP) is -3.08. The van der Waals surface area contributed by atoms with Gasteiger partial charge in [-0.3, -0.25) is 4.79 Å². The van der Waals surface area contributed by atoms with Crippen LogP contribution in [0.25, 0.3) is 0 Å². The van der Waals surface area contributed by atoms with Crippen LogP contribution in [-0.2, 0) is 4.79 Å². The molecule has 0 aromatic carbocycles. The molecule has 0 amide bonds. The maximum absolute atomic E-state index is 9.81. The fourth-order valence-electron chi connectivity index (χ4n) is 0.175. The van der Waals surface area contributed by atoms with Gasteiger partial charge in [0.15, 0.2) is 0 Å². The summed E-state index contributed by atoms with van der Waals surface area (Å²) >= 11 is 0. The Labute approximate surface area is 72.0 Å². The predicted molar refractivity (Wildman–Crippen MR) is 27.0 cm³/mol. The largest absolute Gasteiger partial charge is 1.00 e. The minimum absolute atomic E-state index is 0. The quantitative estimate of drug-likeness (QED) is 0.387. The van der Waals surface area contributed by atoms with Crippen LogP contribution in [0.2, 0.25) is 0 Å². The van der Waals surface area contributed by atoms with Crippen LogP contribution in [0, 0.1) is 0 Å². The number of nitrogens with two attached hydrogens (primary N) is 1. The van der Waals surface area contributed by atoms with E-state index in [1.165, 1.54) is 0 Å². The molecule has 0 rings (SSSR count). The number of carboxylic acid groups (broad SMARTS) is 1. The van der Waals surface area contributed by atoms with E-state index in [1.807, 2.05) is 0 Å². The molecule has 0 saturated carbocycles. The van der Waals surface area contributed by atoms with Gasteiger partial charge in [-0.05, 0) is 6.42 Å². The van der Waals surface area contributed by atoms with Crippen LogP contribution in [0.3, 0.4) is 0 Å². The molecular formula is C4H10NNaO2. The van der Waals surface area contributed by atoms with Crippen molar-refractivity contribution in [2.24, 2.45) is 5.73 Å². The number of carbonyl (C=O) groups is 1. The molecule has 0 fully saturated rings. The fraction of sp³-hybridized carbons (Fsp3) is 0.750. The van der Waals surface area contributed by atoms with Crippen LogP contribution in [0.5, 0.6) is 0 Å². The zero-order valence-electron chi connectivity index (χ0n) is 6.22. The Balaban J connectivity index is -0.000000180. The fourth-order valence-corrected chi connectivity index (χ4v) is 0.175. The van der Waals surface area contributed by atoms with Gasteiger partial charge in [0.05, 0.1) is 0 Å². The van der Waals surface area contributed by atoms with E-state index < -0.39 is 12.0 Å². The first-order valence-corrected chi connectivity index (χ1v) is 2.17. The van der Waals surface area contributed by atoms with Gasteiger partial charge in [-0.1, -0.05) is 6.92 Å². The molecule has 0 saturated heterocycles. The average molecular weight is 127 g/mol. The molecule has 0 aromatic heterocycles. The first kappa shape index (κ1) is 11.3. The van der Waals surface area contributed by atoms with Crippen molar-refractivity contribution in [3.05, 3.63) is 0 Å². The van der Waals surface area contributed by atoms with Gasteiger partial charge >= 0.3 is 35.5 Å². The Morgan fingerprint density at radius 1 is 2.00 bits per heavy atom. The number of aliphatic carboxylic acids is 1. The van der Waals surface area contributed by atoms with E-state index in [0.717, 1.165) is 0 Å². The van der Waals surface area contributed by atoms with Gasteiger partial charge in [-0.2, -0.15) is 0 Å². The van der Waals surface area contributed by atoms with Crippen LogP contribution < -0.4 is 35.3 Å². The number of carboxylic acids is 1. The Hall–Kier alpha value is 0.430. The molecule has 0 aromatic rings. The molecule has 0 aliphatic carbocycles. The average Bonchev–Trinajstić information content (AvgIpc) is 1.65. The molecular weight excluding hydrogens is 117 g/mol. The maximum atomic E-state index is 9.81. The molecule has 0 aliphatic heterocycles. The summed E-state index contributed by atoms with van der Waals surface area (Å²) < 4.78 is 0. The molecule has 0 bridgehead atoms. The maximum Gasteiger partial charge on any atom is 1.00 e. The standard InChI is InChI=1S/C4H9NO2.Na.H/c1-2-3(5)4(6)7;;/h3H,2,5H2,1H3,(H,6,7);;/q;+1;-1. The second-order valence-corrected chi connectivity index (χ2v) is 1.35. The van der Waals surface area contributed by atoms with Crippen molar-refractivity contribution in [3.63, 3.8) is 0 Å². The molecule has 0 spiro atoms. The molecule has 3 nitrogen and oxygen atoms in total. The molecule has 0 heterocycles. The topological polar surface area (TPSA) is 63.3 Å². The first-order valence-electron chi connectivity index (χ1n) is 2.17. The van der Waals surface area contributed by atoms with Gasteiger partial charge in [0.25, 0.3) is 0 Å². The molecule has 1 unspecified atom stereocenters. The summed E-state index contributed by atoms with van der Waals surface area (Å²) in [5.41, 5.74) is 5.02. The van der Waals surface area contributed by atoms with Crippen molar-refractivity contribution in [3.8, 4) is 0 Å². The van der Waals surface area contributed by atoms with Gasteiger partial charge in [0.1, 0.15) is 6.04 Å². The Kier molecular flexibility index (Phi) is 7.83. The summed E-state index contributed by atoms with van der Waals surface area (Å²) in [4.78, 5) is 9.81. The minimum Gasteiger partial charge on any atom is -1.00 e. The third-order valence-corrected chi connectivity index (χ3v) is 0.757. The van der Waals surface area contributed by atoms with Crippen molar-refractivity contribution in [2.75, 3.05) is 0 Å². The number of hydrogen-bond acceptors (Lipinski definition) is 2. The van der Waals surface area contributed by atoms with Gasteiger partial charge in [0, 0.05) is 0 Å². The van der Waals surface area contributed by atoms with Crippen molar-refractivity contribution in [1.29, 1.82) is 0 Å². The van der Waals surface area contributed by atoms with E-state index in [-0.39, 0.29) is 31.0 Å². The zero-order chi connectivity index (χ0) is 5.86. The third kappa shape index (κ3) is 4.59. The molecule has 0 aliphatic rings. The van der Waals surface area contributed by atoms with Crippen LogP contribution in [0.1, 0.15) is 14.8 Å². The van der Waals surface area contributed by atoms with Crippen molar-refractivity contribution < 1.29 is 40.9 Å². The summed E-state index contributed by atoms with van der Waals surface area (Å²) in [7, 11) is 0. The molecule has 1 atom stereocenters. The van der Waals surface area contributed by atoms with E-state index in [4.69, 9.17) is 10.8 Å². The SMILES string of the molecule is CCC(N)C(=O)O.[H-].[Na+]. The van der Waals surface area contributed by atoms with Crippen molar-refractivity contribution in [1.82, 2.24) is 0 Å². The smallest absolute Gasteiger partial charge is 1.00 e. The first-order chi connectivity index (χ1) is 3.18. The monoisotopic (exact) mass is 127 g/mol. The van der Waals surface area contributed by atoms with Crippen molar-refractivity contribution >= 4 is 5.97 Å².